The lowest BCUT2D eigenvalue weighted by molar-refractivity contribution is -0.214. The van der Waals surface area contributed by atoms with Crippen molar-refractivity contribution in [2.45, 2.75) is 87.6 Å². The summed E-state index contributed by atoms with van der Waals surface area (Å²) in [6, 6.07) is 4.16. The molecule has 1 aromatic rings. The first-order chi connectivity index (χ1) is 18.6. The van der Waals surface area contributed by atoms with Gasteiger partial charge < -0.3 is 28.6 Å². The largest absolute Gasteiger partial charge is 0.497 e. The number of hydrogen-bond donors (Lipinski definition) is 0. The Morgan fingerprint density at radius 2 is 1.85 bits per heavy atom. The highest BCUT2D eigenvalue weighted by molar-refractivity contribution is 5.88. The molecule has 0 N–H and O–H groups in total. The lowest BCUT2D eigenvalue weighted by Crippen LogP contribution is -2.55. The van der Waals surface area contributed by atoms with E-state index in [0.717, 1.165) is 62.3 Å². The van der Waals surface area contributed by atoms with Gasteiger partial charge in [0.1, 0.15) is 5.76 Å². The number of ether oxygens (including phenoxy) is 5. The minimum Gasteiger partial charge on any atom is -0.497 e. The van der Waals surface area contributed by atoms with E-state index in [4.69, 9.17) is 23.7 Å². The first-order valence-electron chi connectivity index (χ1n) is 14.1. The molecule has 1 aromatic carbocycles. The van der Waals surface area contributed by atoms with Gasteiger partial charge in [0.2, 0.25) is 12.7 Å². The zero-order valence-corrected chi connectivity index (χ0v) is 23.7. The lowest BCUT2D eigenvalue weighted by atomic mass is 9.77. The summed E-state index contributed by atoms with van der Waals surface area (Å²) >= 11 is 0. The molecule has 9 heteroatoms. The van der Waals surface area contributed by atoms with E-state index in [1.807, 2.05) is 13.8 Å². The summed E-state index contributed by atoms with van der Waals surface area (Å²) in [4.78, 5) is 31.2. The smallest absolute Gasteiger partial charge is 0.339 e. The molecule has 0 bridgehead atoms. The highest BCUT2D eigenvalue weighted by Gasteiger charge is 2.59. The number of fused-ring (bicyclic) bond motifs is 3. The summed E-state index contributed by atoms with van der Waals surface area (Å²) in [6.45, 7) is 6.02. The summed E-state index contributed by atoms with van der Waals surface area (Å²) < 4.78 is 30.4. The van der Waals surface area contributed by atoms with E-state index in [-0.39, 0.29) is 30.6 Å². The normalized spacial score (nSPS) is 32.4. The van der Waals surface area contributed by atoms with Gasteiger partial charge in [-0.3, -0.25) is 9.69 Å². The van der Waals surface area contributed by atoms with Crippen molar-refractivity contribution in [2.24, 2.45) is 0 Å². The van der Waals surface area contributed by atoms with Crippen LogP contribution in [0.5, 0.6) is 11.5 Å². The summed E-state index contributed by atoms with van der Waals surface area (Å²) in [7, 11) is 5.03. The Kier molecular flexibility index (Phi) is 6.38. The van der Waals surface area contributed by atoms with Crippen LogP contribution in [-0.2, 0) is 30.2 Å². The van der Waals surface area contributed by atoms with Crippen molar-refractivity contribution >= 4 is 11.9 Å². The van der Waals surface area contributed by atoms with E-state index in [1.54, 1.807) is 21.2 Å². The number of amides is 1. The summed E-state index contributed by atoms with van der Waals surface area (Å²) in [5.41, 5.74) is 0.0604. The Labute approximate surface area is 230 Å². The van der Waals surface area contributed by atoms with E-state index < -0.39 is 23.3 Å². The van der Waals surface area contributed by atoms with Gasteiger partial charge >= 0.3 is 5.97 Å². The van der Waals surface area contributed by atoms with Crippen LogP contribution in [0.3, 0.4) is 0 Å². The van der Waals surface area contributed by atoms with E-state index in [1.165, 1.54) is 10.5 Å². The summed E-state index contributed by atoms with van der Waals surface area (Å²) in [5, 5.41) is 0. The molecule has 4 aliphatic heterocycles. The van der Waals surface area contributed by atoms with Gasteiger partial charge in [0, 0.05) is 20.6 Å². The van der Waals surface area contributed by atoms with Crippen molar-refractivity contribution in [3.05, 3.63) is 35.1 Å². The van der Waals surface area contributed by atoms with Gasteiger partial charge in [0.05, 0.1) is 30.6 Å². The van der Waals surface area contributed by atoms with Crippen molar-refractivity contribution in [3.8, 4) is 11.5 Å². The molecule has 0 saturated carbocycles. The average Bonchev–Trinajstić information content (AvgIpc) is 3.57. The van der Waals surface area contributed by atoms with Crippen LogP contribution in [-0.4, -0.2) is 85.6 Å². The third-order valence-electron chi connectivity index (χ3n) is 9.34. The highest BCUT2D eigenvalue weighted by Crippen LogP contribution is 2.56. The van der Waals surface area contributed by atoms with Crippen LogP contribution in [0.15, 0.2) is 24.0 Å². The van der Waals surface area contributed by atoms with Crippen LogP contribution in [0.2, 0.25) is 0 Å². The molecular formula is C30H40N2O7. The number of esters is 1. The first-order valence-corrected chi connectivity index (χ1v) is 14.1. The van der Waals surface area contributed by atoms with Gasteiger partial charge in [-0.25, -0.2) is 4.79 Å². The van der Waals surface area contributed by atoms with Crippen molar-refractivity contribution in [3.63, 3.8) is 0 Å². The third kappa shape index (κ3) is 4.29. The van der Waals surface area contributed by atoms with Crippen LogP contribution in [0.25, 0.3) is 0 Å². The van der Waals surface area contributed by atoms with Crippen molar-refractivity contribution in [1.82, 2.24) is 9.80 Å². The Hall–Kier alpha value is -2.78. The van der Waals surface area contributed by atoms with E-state index in [2.05, 4.69) is 23.1 Å². The Balaban J connectivity index is 1.41. The molecule has 0 radical (unpaired) electrons. The molecule has 212 valence electrons. The second-order valence-electron chi connectivity index (χ2n) is 12.5. The Bertz CT molecular complexity index is 1210. The molecule has 39 heavy (non-hydrogen) atoms. The molecule has 1 aliphatic carbocycles. The predicted molar refractivity (Wildman–Crippen MR) is 143 cm³/mol. The second kappa shape index (κ2) is 9.41. The van der Waals surface area contributed by atoms with Crippen LogP contribution >= 0.6 is 0 Å². The fourth-order valence-corrected chi connectivity index (χ4v) is 7.49. The number of carbonyl (C=O) groups is 2. The SMILES string of the molecule is COC1=CC23CCCN2CCc2cc4c(cc2C3C1OC(=O)C1(CC(=O)N(C)C)CCCC(C)(C)O1)OCO4. The number of carbonyl (C=O) groups excluding carboxylic acids is 2. The van der Waals surface area contributed by atoms with Crippen LogP contribution in [0, 0.1) is 0 Å². The third-order valence-corrected chi connectivity index (χ3v) is 9.34. The first kappa shape index (κ1) is 26.4. The number of hydrogen-bond acceptors (Lipinski definition) is 8. The van der Waals surface area contributed by atoms with Crippen LogP contribution in [0.1, 0.15) is 69.4 Å². The molecule has 6 rings (SSSR count). The number of nitrogens with zero attached hydrogens (tertiary/aromatic N) is 2. The van der Waals surface area contributed by atoms with Gasteiger partial charge in [-0.2, -0.15) is 0 Å². The minimum absolute atomic E-state index is 0.0573. The fraction of sp³-hybridized carbons (Fsp3) is 0.667. The molecule has 1 spiro atoms. The van der Waals surface area contributed by atoms with Crippen molar-refractivity contribution in [1.29, 1.82) is 0 Å². The molecule has 5 aliphatic rings. The topological polar surface area (TPSA) is 86.8 Å². The zero-order chi connectivity index (χ0) is 27.6. The van der Waals surface area contributed by atoms with Crippen molar-refractivity contribution in [2.75, 3.05) is 41.1 Å². The highest BCUT2D eigenvalue weighted by atomic mass is 16.7. The second-order valence-corrected chi connectivity index (χ2v) is 12.5. The molecule has 0 aromatic heterocycles. The molecule has 4 heterocycles. The van der Waals surface area contributed by atoms with Gasteiger partial charge in [-0.15, -0.1) is 0 Å². The molecule has 1 amide bonds. The van der Waals surface area contributed by atoms with Crippen molar-refractivity contribution < 1.29 is 33.3 Å². The van der Waals surface area contributed by atoms with E-state index in [9.17, 15) is 9.59 Å². The standard InChI is InChI=1S/C30H40N2O7/c1-28(2)9-6-11-30(39-28,17-24(33)31(3)4)27(34)38-26-23(35-5)16-29-10-7-12-32(29)13-8-19-14-21-22(37-18-36-21)15-20(19)25(26)29/h14-16,25-26H,6-13,17-18H2,1-5H3. The Morgan fingerprint density at radius 3 is 2.56 bits per heavy atom. The van der Waals surface area contributed by atoms with E-state index in [0.29, 0.717) is 12.2 Å². The van der Waals surface area contributed by atoms with Gasteiger partial charge in [-0.1, -0.05) is 0 Å². The zero-order valence-electron chi connectivity index (χ0n) is 23.7. The Morgan fingerprint density at radius 1 is 1.08 bits per heavy atom. The van der Waals surface area contributed by atoms with Gasteiger partial charge in [0.15, 0.2) is 23.2 Å². The quantitative estimate of drug-likeness (QED) is 0.525. The summed E-state index contributed by atoms with van der Waals surface area (Å²) in [6.07, 6.45) is 6.37. The molecule has 2 fully saturated rings. The number of rotatable bonds is 5. The summed E-state index contributed by atoms with van der Waals surface area (Å²) in [5.74, 6) is 1.29. The maximum atomic E-state index is 14.3. The number of benzene rings is 1. The van der Waals surface area contributed by atoms with Gasteiger partial charge in [-0.05, 0) is 88.3 Å². The van der Waals surface area contributed by atoms with Crippen LogP contribution in [0.4, 0.5) is 0 Å². The number of methoxy groups -OCH3 is 1. The molecule has 9 nitrogen and oxygen atoms in total. The maximum absolute atomic E-state index is 14.3. The maximum Gasteiger partial charge on any atom is 0.339 e. The molecule has 4 unspecified atom stereocenters. The van der Waals surface area contributed by atoms with E-state index >= 15 is 0 Å². The monoisotopic (exact) mass is 540 g/mol. The average molecular weight is 541 g/mol. The lowest BCUT2D eigenvalue weighted by Gasteiger charge is -2.44. The fourth-order valence-electron chi connectivity index (χ4n) is 7.49. The minimum atomic E-state index is -1.35. The molecular weight excluding hydrogens is 500 g/mol. The van der Waals surface area contributed by atoms with Gasteiger partial charge in [0.25, 0.3) is 0 Å². The predicted octanol–water partition coefficient (Wildman–Crippen LogP) is 3.54. The molecule has 2 saturated heterocycles. The van der Waals surface area contributed by atoms with Crippen LogP contribution < -0.4 is 9.47 Å². The molecule has 4 atom stereocenters.